The molecule has 14 heavy (non-hydrogen) atoms. The lowest BCUT2D eigenvalue weighted by atomic mass is 9.90. The fourth-order valence-corrected chi connectivity index (χ4v) is 1.66. The van der Waals surface area contributed by atoms with Gasteiger partial charge in [-0.15, -0.1) is 0 Å². The zero-order valence-corrected chi connectivity index (χ0v) is 7.62. The monoisotopic (exact) mass is 209 g/mol. The third-order valence-corrected chi connectivity index (χ3v) is 2.49. The Balaban J connectivity index is 2.60. The van der Waals surface area contributed by atoms with Crippen LogP contribution in [0.1, 0.15) is 12.8 Å². The molecular weight excluding hydrogens is 196 g/mol. The molecule has 0 radical (unpaired) electrons. The summed E-state index contributed by atoms with van der Waals surface area (Å²) in [7, 11) is 0. The molecular formula is C8H13F2NO3. The number of aliphatic hydroxyl groups excluding tert-OH is 1. The molecule has 1 fully saturated rings. The first-order valence-corrected chi connectivity index (χ1v) is 4.44. The number of amides is 1. The third kappa shape index (κ3) is 2.31. The molecule has 0 aromatic rings. The fourth-order valence-electron chi connectivity index (χ4n) is 1.66. The van der Waals surface area contributed by atoms with E-state index in [1.807, 2.05) is 0 Å². The largest absolute Gasteiger partial charge is 0.465 e. The van der Waals surface area contributed by atoms with Crippen LogP contribution >= 0.6 is 0 Å². The molecule has 1 aliphatic rings. The summed E-state index contributed by atoms with van der Waals surface area (Å²) in [6.45, 7) is -0.921. The second-order valence-electron chi connectivity index (χ2n) is 3.46. The first-order chi connectivity index (χ1) is 6.47. The molecule has 0 aliphatic carbocycles. The smallest absolute Gasteiger partial charge is 0.407 e. The standard InChI is InChI=1S/C8H13F2NO3/c9-8(10)5-11(7(13)14)3-1-6(8)2-4-12/h6,12H,1-5H2,(H,13,14). The summed E-state index contributed by atoms with van der Waals surface area (Å²) in [6, 6.07) is 0. The molecule has 1 unspecified atom stereocenters. The lowest BCUT2D eigenvalue weighted by molar-refractivity contribution is -0.109. The molecule has 2 N–H and O–H groups in total. The van der Waals surface area contributed by atoms with E-state index in [1.165, 1.54) is 0 Å². The highest BCUT2D eigenvalue weighted by molar-refractivity contribution is 5.65. The predicted molar refractivity (Wildman–Crippen MR) is 44.4 cm³/mol. The number of rotatable bonds is 2. The molecule has 1 aliphatic heterocycles. The molecule has 6 heteroatoms. The van der Waals surface area contributed by atoms with Crippen LogP contribution in [0.2, 0.25) is 0 Å². The van der Waals surface area contributed by atoms with Crippen LogP contribution in [0.25, 0.3) is 0 Å². The molecule has 0 bridgehead atoms. The van der Waals surface area contributed by atoms with Crippen LogP contribution in [0.4, 0.5) is 13.6 Å². The number of hydrogen-bond acceptors (Lipinski definition) is 2. The van der Waals surface area contributed by atoms with Crippen molar-refractivity contribution in [1.82, 2.24) is 4.90 Å². The van der Waals surface area contributed by atoms with Crippen molar-refractivity contribution >= 4 is 6.09 Å². The molecule has 1 rings (SSSR count). The number of carbonyl (C=O) groups is 1. The van der Waals surface area contributed by atoms with Crippen molar-refractivity contribution in [2.24, 2.45) is 5.92 Å². The number of nitrogens with zero attached hydrogens (tertiary/aromatic N) is 1. The molecule has 4 nitrogen and oxygen atoms in total. The number of carboxylic acid groups (broad SMARTS) is 1. The fraction of sp³-hybridized carbons (Fsp3) is 0.875. The third-order valence-electron chi connectivity index (χ3n) is 2.49. The van der Waals surface area contributed by atoms with Crippen molar-refractivity contribution in [3.05, 3.63) is 0 Å². The molecule has 0 aromatic carbocycles. The van der Waals surface area contributed by atoms with Gasteiger partial charge in [-0.3, -0.25) is 0 Å². The van der Waals surface area contributed by atoms with Crippen LogP contribution in [0, 0.1) is 5.92 Å². The average molecular weight is 209 g/mol. The van der Waals surface area contributed by atoms with E-state index in [0.29, 0.717) is 4.90 Å². The van der Waals surface area contributed by atoms with Gasteiger partial charge in [-0.25, -0.2) is 13.6 Å². The van der Waals surface area contributed by atoms with Gasteiger partial charge in [0.1, 0.15) is 0 Å². The lowest BCUT2D eigenvalue weighted by Gasteiger charge is -2.36. The summed E-state index contributed by atoms with van der Waals surface area (Å²) < 4.78 is 26.5. The van der Waals surface area contributed by atoms with Gasteiger partial charge in [0.15, 0.2) is 0 Å². The highest BCUT2D eigenvalue weighted by atomic mass is 19.3. The molecule has 0 spiro atoms. The Hall–Kier alpha value is -0.910. The number of aliphatic hydroxyl groups is 1. The molecule has 0 saturated carbocycles. The topological polar surface area (TPSA) is 60.8 Å². The van der Waals surface area contributed by atoms with Gasteiger partial charge in [0, 0.05) is 19.1 Å². The van der Waals surface area contributed by atoms with Crippen LogP contribution in [-0.2, 0) is 0 Å². The van der Waals surface area contributed by atoms with Crippen molar-refractivity contribution in [3.8, 4) is 0 Å². The summed E-state index contributed by atoms with van der Waals surface area (Å²) in [4.78, 5) is 11.2. The SMILES string of the molecule is O=C(O)N1CCC(CCO)C(F)(F)C1. The van der Waals surface area contributed by atoms with Crippen LogP contribution < -0.4 is 0 Å². The molecule has 0 aromatic heterocycles. The summed E-state index contributed by atoms with van der Waals surface area (Å²) in [6.07, 6.45) is -1.17. The number of hydrogen-bond donors (Lipinski definition) is 2. The Kier molecular flexibility index (Phi) is 3.25. The quantitative estimate of drug-likeness (QED) is 0.713. The lowest BCUT2D eigenvalue weighted by Crippen LogP contribution is -2.50. The van der Waals surface area contributed by atoms with E-state index in [1.54, 1.807) is 0 Å². The Morgan fingerprint density at radius 1 is 1.57 bits per heavy atom. The second kappa shape index (κ2) is 4.08. The van der Waals surface area contributed by atoms with E-state index in [9.17, 15) is 13.6 Å². The first-order valence-electron chi connectivity index (χ1n) is 4.44. The van der Waals surface area contributed by atoms with E-state index in [-0.39, 0.29) is 26.0 Å². The average Bonchev–Trinajstić information content (AvgIpc) is 2.08. The van der Waals surface area contributed by atoms with Crippen molar-refractivity contribution in [2.45, 2.75) is 18.8 Å². The van der Waals surface area contributed by atoms with Crippen molar-refractivity contribution in [1.29, 1.82) is 0 Å². The maximum atomic E-state index is 13.3. The van der Waals surface area contributed by atoms with Gasteiger partial charge in [0.05, 0.1) is 6.54 Å². The van der Waals surface area contributed by atoms with E-state index in [2.05, 4.69) is 0 Å². The van der Waals surface area contributed by atoms with Crippen LogP contribution in [-0.4, -0.2) is 46.8 Å². The van der Waals surface area contributed by atoms with Gasteiger partial charge in [-0.1, -0.05) is 0 Å². The highest BCUT2D eigenvalue weighted by Gasteiger charge is 2.45. The number of likely N-dealkylation sites (tertiary alicyclic amines) is 1. The maximum Gasteiger partial charge on any atom is 0.407 e. The number of alkyl halides is 2. The Labute approximate surface area is 80.1 Å². The zero-order chi connectivity index (χ0) is 10.8. The molecule has 1 heterocycles. The Morgan fingerprint density at radius 3 is 2.64 bits per heavy atom. The Bertz CT molecular complexity index is 223. The van der Waals surface area contributed by atoms with Gasteiger partial charge >= 0.3 is 6.09 Å². The minimum absolute atomic E-state index is 0.0282. The number of halogens is 2. The van der Waals surface area contributed by atoms with Crippen LogP contribution in [0.3, 0.4) is 0 Å². The minimum atomic E-state index is -3.01. The first kappa shape index (κ1) is 11.2. The molecule has 1 atom stereocenters. The number of piperidine rings is 1. The van der Waals surface area contributed by atoms with Crippen LogP contribution in [0.5, 0.6) is 0 Å². The maximum absolute atomic E-state index is 13.3. The van der Waals surface area contributed by atoms with Gasteiger partial charge in [0.25, 0.3) is 5.92 Å². The van der Waals surface area contributed by atoms with Gasteiger partial charge in [-0.2, -0.15) is 0 Å². The van der Waals surface area contributed by atoms with Crippen molar-refractivity contribution < 1.29 is 23.8 Å². The minimum Gasteiger partial charge on any atom is -0.465 e. The normalized spacial score (nSPS) is 26.2. The van der Waals surface area contributed by atoms with E-state index in [4.69, 9.17) is 10.2 Å². The van der Waals surface area contributed by atoms with Gasteiger partial charge in [0.2, 0.25) is 0 Å². The van der Waals surface area contributed by atoms with Crippen molar-refractivity contribution in [3.63, 3.8) is 0 Å². The molecule has 82 valence electrons. The summed E-state index contributed by atoms with van der Waals surface area (Å²) >= 11 is 0. The van der Waals surface area contributed by atoms with Gasteiger partial charge in [-0.05, 0) is 12.8 Å². The molecule has 1 saturated heterocycles. The summed E-state index contributed by atoms with van der Waals surface area (Å²) in [5, 5.41) is 17.1. The van der Waals surface area contributed by atoms with E-state index >= 15 is 0 Å². The Morgan fingerprint density at radius 2 is 2.21 bits per heavy atom. The second-order valence-corrected chi connectivity index (χ2v) is 3.46. The molecule has 1 amide bonds. The summed E-state index contributed by atoms with van der Waals surface area (Å²) in [5.41, 5.74) is 0. The van der Waals surface area contributed by atoms with E-state index < -0.39 is 24.5 Å². The predicted octanol–water partition coefficient (Wildman–Crippen LogP) is 1.00. The highest BCUT2D eigenvalue weighted by Crippen LogP contribution is 2.34. The summed E-state index contributed by atoms with van der Waals surface area (Å²) in [5.74, 6) is -3.91. The van der Waals surface area contributed by atoms with Crippen LogP contribution in [0.15, 0.2) is 0 Å². The van der Waals surface area contributed by atoms with E-state index in [0.717, 1.165) is 0 Å². The van der Waals surface area contributed by atoms with Crippen molar-refractivity contribution in [2.75, 3.05) is 19.7 Å². The van der Waals surface area contributed by atoms with Gasteiger partial charge < -0.3 is 15.1 Å². The zero-order valence-electron chi connectivity index (χ0n) is 7.62.